The van der Waals surface area contributed by atoms with Gasteiger partial charge in [0, 0.05) is 30.4 Å². The average molecular weight is 464 g/mol. The summed E-state index contributed by atoms with van der Waals surface area (Å²) in [6, 6.07) is 11.2. The zero-order chi connectivity index (χ0) is 24.4. The van der Waals surface area contributed by atoms with Crippen LogP contribution in [0.1, 0.15) is 66.0 Å². The van der Waals surface area contributed by atoms with Crippen LogP contribution in [0.5, 0.6) is 0 Å². The van der Waals surface area contributed by atoms with Crippen LogP contribution in [-0.2, 0) is 16.6 Å². The minimum Gasteiger partial charge on any atom is -0.457 e. The smallest absolute Gasteiger partial charge is 0.306 e. The average Bonchev–Trinajstić information content (AvgIpc) is 3.50. The van der Waals surface area contributed by atoms with Crippen molar-refractivity contribution in [3.63, 3.8) is 0 Å². The molecule has 7 heteroatoms. The van der Waals surface area contributed by atoms with Crippen molar-refractivity contribution in [1.29, 1.82) is 0 Å². The van der Waals surface area contributed by atoms with Crippen LogP contribution < -0.4 is 5.56 Å². The first-order valence-corrected chi connectivity index (χ1v) is 12.0. The van der Waals surface area contributed by atoms with Gasteiger partial charge in [0.15, 0.2) is 6.61 Å². The minimum atomic E-state index is -0.321. The maximum Gasteiger partial charge on any atom is 0.306 e. The number of ether oxygens (including phenoxy) is 1. The van der Waals surface area contributed by atoms with Gasteiger partial charge in [-0.3, -0.25) is 19.1 Å². The number of aryl methyl sites for hydroxylation is 1. The number of para-hydroxylation sites is 1. The van der Waals surface area contributed by atoms with Gasteiger partial charge in [0.05, 0.1) is 11.4 Å². The van der Waals surface area contributed by atoms with Gasteiger partial charge in [0.2, 0.25) is 5.78 Å². The normalized spacial score (nSPS) is 14.0. The van der Waals surface area contributed by atoms with Crippen LogP contribution in [0.4, 0.5) is 0 Å². The van der Waals surface area contributed by atoms with Crippen LogP contribution >= 0.6 is 0 Å². The van der Waals surface area contributed by atoms with E-state index in [2.05, 4.69) is 0 Å². The maximum absolute atomic E-state index is 13.5. The van der Waals surface area contributed by atoms with Gasteiger partial charge in [-0.05, 0) is 51.3 Å². The Morgan fingerprint density at radius 1 is 1.03 bits per heavy atom. The molecule has 0 aliphatic heterocycles. The Hall–Kier alpha value is -3.35. The molecule has 0 radical (unpaired) electrons. The number of esters is 1. The lowest BCUT2D eigenvalue weighted by Crippen LogP contribution is -2.22. The van der Waals surface area contributed by atoms with Crippen molar-refractivity contribution in [3.8, 4) is 11.4 Å². The number of benzene rings is 1. The third kappa shape index (κ3) is 4.52. The van der Waals surface area contributed by atoms with E-state index in [0.717, 1.165) is 23.5 Å². The van der Waals surface area contributed by atoms with Gasteiger partial charge in [-0.1, -0.05) is 43.9 Å². The van der Waals surface area contributed by atoms with Gasteiger partial charge in [-0.15, -0.1) is 0 Å². The Bertz CT molecular complexity index is 1260. The van der Waals surface area contributed by atoms with Gasteiger partial charge in [-0.2, -0.15) is 0 Å². The monoisotopic (exact) mass is 463 g/mol. The van der Waals surface area contributed by atoms with Crippen LogP contribution in [0.2, 0.25) is 0 Å². The van der Waals surface area contributed by atoms with Crippen LogP contribution in [0.15, 0.2) is 41.2 Å². The molecule has 0 unspecified atom stereocenters. The highest BCUT2D eigenvalue weighted by molar-refractivity contribution is 5.99. The Morgan fingerprint density at radius 2 is 1.71 bits per heavy atom. The first-order chi connectivity index (χ1) is 16.3. The highest BCUT2D eigenvalue weighted by Gasteiger charge is 2.24. The number of ketones is 1. The summed E-state index contributed by atoms with van der Waals surface area (Å²) < 4.78 is 10.6. The minimum absolute atomic E-state index is 0.162. The van der Waals surface area contributed by atoms with Gasteiger partial charge in [-0.25, -0.2) is 4.68 Å². The molecule has 180 valence electrons. The summed E-state index contributed by atoms with van der Waals surface area (Å²) in [7, 11) is 1.85. The standard InChI is InChI=1S/C27H33N3O4/c1-18-16-23(24(31)17-34-25(32)15-14-21-10-8-9-11-21)19(2)29(18)26-20(3)28(4)30(27(26)33)22-12-6-5-7-13-22/h5-7,12-13,16,21H,8-11,14-15,17H2,1-4H3. The second-order valence-corrected chi connectivity index (χ2v) is 9.30. The van der Waals surface area contributed by atoms with Crippen LogP contribution in [0.3, 0.4) is 0 Å². The van der Waals surface area contributed by atoms with E-state index in [1.54, 1.807) is 10.7 Å². The molecule has 0 amide bonds. The summed E-state index contributed by atoms with van der Waals surface area (Å²) in [6.45, 7) is 5.30. The van der Waals surface area contributed by atoms with Crippen molar-refractivity contribution in [2.24, 2.45) is 13.0 Å². The molecule has 3 aromatic rings. The highest BCUT2D eigenvalue weighted by atomic mass is 16.5. The van der Waals surface area contributed by atoms with E-state index in [9.17, 15) is 14.4 Å². The van der Waals surface area contributed by atoms with Crippen molar-refractivity contribution in [2.45, 2.75) is 59.3 Å². The number of aromatic nitrogens is 3. The molecule has 0 N–H and O–H groups in total. The topological polar surface area (TPSA) is 75.2 Å². The number of hydrogen-bond donors (Lipinski definition) is 0. The number of nitrogens with zero attached hydrogens (tertiary/aromatic N) is 3. The number of rotatable bonds is 8. The zero-order valence-corrected chi connectivity index (χ0v) is 20.5. The molecule has 1 aliphatic rings. The molecular formula is C27H33N3O4. The summed E-state index contributed by atoms with van der Waals surface area (Å²) in [6.07, 6.45) is 6.05. The van der Waals surface area contributed by atoms with Crippen molar-refractivity contribution < 1.29 is 14.3 Å². The number of hydrogen-bond acceptors (Lipinski definition) is 4. The quantitative estimate of drug-likeness (QED) is 0.362. The van der Waals surface area contributed by atoms with Crippen molar-refractivity contribution in [2.75, 3.05) is 6.61 Å². The molecule has 34 heavy (non-hydrogen) atoms. The van der Waals surface area contributed by atoms with E-state index in [0.29, 0.717) is 29.3 Å². The second kappa shape index (κ2) is 9.87. The Morgan fingerprint density at radius 3 is 2.38 bits per heavy atom. The van der Waals surface area contributed by atoms with Gasteiger partial charge in [0.25, 0.3) is 5.56 Å². The first-order valence-electron chi connectivity index (χ1n) is 12.0. The van der Waals surface area contributed by atoms with E-state index < -0.39 is 0 Å². The molecule has 2 heterocycles. The zero-order valence-electron chi connectivity index (χ0n) is 20.5. The lowest BCUT2D eigenvalue weighted by molar-refractivity contribution is -0.142. The lowest BCUT2D eigenvalue weighted by Gasteiger charge is -2.09. The molecule has 4 rings (SSSR count). The van der Waals surface area contributed by atoms with Crippen molar-refractivity contribution in [1.82, 2.24) is 13.9 Å². The fraction of sp³-hybridized carbons (Fsp3) is 0.444. The Kier molecular flexibility index (Phi) is 6.91. The fourth-order valence-corrected chi connectivity index (χ4v) is 5.12. The van der Waals surface area contributed by atoms with Gasteiger partial charge in [0.1, 0.15) is 5.69 Å². The van der Waals surface area contributed by atoms with Crippen molar-refractivity contribution >= 4 is 11.8 Å². The molecule has 0 bridgehead atoms. The summed E-state index contributed by atoms with van der Waals surface area (Å²) in [5, 5.41) is 0. The predicted molar refractivity (Wildman–Crippen MR) is 131 cm³/mol. The molecule has 1 aromatic carbocycles. The van der Waals surface area contributed by atoms with E-state index >= 15 is 0 Å². The van der Waals surface area contributed by atoms with Crippen molar-refractivity contribution in [3.05, 3.63) is 69.4 Å². The van der Waals surface area contributed by atoms with Gasteiger partial charge < -0.3 is 9.30 Å². The molecule has 0 spiro atoms. The summed E-state index contributed by atoms with van der Waals surface area (Å²) in [5.41, 5.74) is 3.81. The maximum atomic E-state index is 13.5. The summed E-state index contributed by atoms with van der Waals surface area (Å²) >= 11 is 0. The number of carbonyl (C=O) groups excluding carboxylic acids is 2. The van der Waals surface area contributed by atoms with Crippen LogP contribution in [-0.4, -0.2) is 32.3 Å². The molecular weight excluding hydrogens is 430 g/mol. The number of carbonyl (C=O) groups is 2. The third-order valence-corrected chi connectivity index (χ3v) is 7.07. The Balaban J connectivity index is 1.54. The Labute approximate surface area is 199 Å². The molecule has 2 aromatic heterocycles. The molecule has 1 aliphatic carbocycles. The molecule has 0 saturated heterocycles. The molecule has 1 fully saturated rings. The van der Waals surface area contributed by atoms with E-state index in [4.69, 9.17) is 4.74 Å². The number of Topliss-reactive ketones (excluding diaryl/α,β-unsaturated/α-hetero) is 1. The van der Waals surface area contributed by atoms with E-state index in [-0.39, 0.29) is 23.9 Å². The largest absolute Gasteiger partial charge is 0.457 e. The molecule has 0 atom stereocenters. The molecule has 7 nitrogen and oxygen atoms in total. The first kappa shape index (κ1) is 23.8. The lowest BCUT2D eigenvalue weighted by atomic mass is 10.0. The fourth-order valence-electron chi connectivity index (χ4n) is 5.12. The highest BCUT2D eigenvalue weighted by Crippen LogP contribution is 2.28. The van der Waals surface area contributed by atoms with E-state index in [1.807, 2.05) is 67.4 Å². The third-order valence-electron chi connectivity index (χ3n) is 7.07. The summed E-state index contributed by atoms with van der Waals surface area (Å²) in [5.74, 6) is 0.0282. The molecule has 1 saturated carbocycles. The van der Waals surface area contributed by atoms with Gasteiger partial charge >= 0.3 is 5.97 Å². The van der Waals surface area contributed by atoms with E-state index in [1.165, 1.54) is 25.7 Å². The predicted octanol–water partition coefficient (Wildman–Crippen LogP) is 4.59. The van der Waals surface area contributed by atoms with Crippen LogP contribution in [0, 0.1) is 26.7 Å². The SMILES string of the molecule is Cc1cc(C(=O)COC(=O)CCC2CCCC2)c(C)n1-c1c(C)n(C)n(-c2ccccc2)c1=O. The second-order valence-electron chi connectivity index (χ2n) is 9.30. The van der Waals surface area contributed by atoms with Crippen LogP contribution in [0.25, 0.3) is 11.4 Å². The summed E-state index contributed by atoms with van der Waals surface area (Å²) in [4.78, 5) is 38.5.